The first kappa shape index (κ1) is 14.4. The largest absolute Gasteiger partial charge is 0.325 e. The van der Waals surface area contributed by atoms with E-state index in [0.29, 0.717) is 12.1 Å². The van der Waals surface area contributed by atoms with Crippen LogP contribution in [0, 0.1) is 0 Å². The van der Waals surface area contributed by atoms with Crippen molar-refractivity contribution >= 4 is 50.5 Å². The molecule has 0 saturated heterocycles. The van der Waals surface area contributed by atoms with Gasteiger partial charge in [0.2, 0.25) is 15.9 Å². The molecule has 1 heterocycles. The number of benzene rings is 1. The number of carbonyl (C=O) groups is 1. The third-order valence-corrected chi connectivity index (χ3v) is 4.57. The number of hydrogen-bond donors (Lipinski definition) is 2. The number of carbonyl (C=O) groups excluding carboxylic acids is 1. The van der Waals surface area contributed by atoms with Crippen LogP contribution in [0.1, 0.15) is 12.0 Å². The number of nitrogens with one attached hydrogen (secondary N) is 2. The zero-order valence-electron chi connectivity index (χ0n) is 9.87. The number of halogens is 2. The van der Waals surface area contributed by atoms with Crippen molar-refractivity contribution in [2.45, 2.75) is 12.8 Å². The van der Waals surface area contributed by atoms with Crippen LogP contribution in [0.25, 0.3) is 0 Å². The van der Waals surface area contributed by atoms with Gasteiger partial charge in [-0.15, -0.1) is 11.6 Å². The van der Waals surface area contributed by atoms with E-state index in [-0.39, 0.29) is 34.7 Å². The monoisotopic (exact) mass is 322 g/mol. The number of alkyl halides is 1. The second-order valence-electron chi connectivity index (χ2n) is 4.18. The van der Waals surface area contributed by atoms with Crippen molar-refractivity contribution in [2.75, 3.05) is 21.7 Å². The van der Waals surface area contributed by atoms with E-state index in [1.165, 1.54) is 0 Å². The average molecular weight is 323 g/mol. The maximum absolute atomic E-state index is 11.8. The molecular formula is C11H12Cl2N2O3S. The lowest BCUT2D eigenvalue weighted by atomic mass is 10.1. The molecule has 1 aromatic carbocycles. The van der Waals surface area contributed by atoms with Crippen molar-refractivity contribution in [2.24, 2.45) is 0 Å². The molecule has 1 aliphatic heterocycles. The normalized spacial score (nSPS) is 14.1. The Bertz CT molecular complexity index is 617. The Morgan fingerprint density at radius 3 is 2.79 bits per heavy atom. The molecule has 0 unspecified atom stereocenters. The summed E-state index contributed by atoms with van der Waals surface area (Å²) in [4.78, 5) is 11.2. The first-order valence-corrected chi connectivity index (χ1v) is 8.16. The predicted molar refractivity (Wildman–Crippen MR) is 76.5 cm³/mol. The summed E-state index contributed by atoms with van der Waals surface area (Å²) in [7, 11) is -3.47. The Labute approximate surface area is 121 Å². The zero-order valence-corrected chi connectivity index (χ0v) is 12.2. The lowest BCUT2D eigenvalue weighted by molar-refractivity contribution is -0.115. The van der Waals surface area contributed by atoms with Crippen molar-refractivity contribution < 1.29 is 13.2 Å². The topological polar surface area (TPSA) is 75.3 Å². The van der Waals surface area contributed by atoms with Crippen LogP contribution in [-0.4, -0.2) is 26.0 Å². The van der Waals surface area contributed by atoms with Crippen LogP contribution in [-0.2, 0) is 21.2 Å². The Balaban J connectivity index is 2.23. The zero-order chi connectivity index (χ0) is 14.0. The third-order valence-electron chi connectivity index (χ3n) is 2.63. The fourth-order valence-corrected chi connectivity index (χ4v) is 3.48. The van der Waals surface area contributed by atoms with Gasteiger partial charge in [0, 0.05) is 11.6 Å². The highest BCUT2D eigenvalue weighted by molar-refractivity contribution is 7.92. The second kappa shape index (κ2) is 5.56. The molecule has 0 aliphatic carbocycles. The predicted octanol–water partition coefficient (Wildman–Crippen LogP) is 2.21. The van der Waals surface area contributed by atoms with E-state index in [9.17, 15) is 13.2 Å². The summed E-state index contributed by atoms with van der Waals surface area (Å²) in [6.07, 6.45) is 0.586. The molecule has 0 radical (unpaired) electrons. The Hall–Kier alpha value is -0.980. The minimum absolute atomic E-state index is 0.0684. The number of amides is 1. The molecule has 2 rings (SSSR count). The summed E-state index contributed by atoms with van der Waals surface area (Å²) in [6.45, 7) is 0. The Morgan fingerprint density at radius 1 is 1.37 bits per heavy atom. The highest BCUT2D eigenvalue weighted by Crippen LogP contribution is 2.33. The van der Waals surface area contributed by atoms with Gasteiger partial charge in [0.25, 0.3) is 0 Å². The summed E-state index contributed by atoms with van der Waals surface area (Å²) in [5.41, 5.74) is 1.63. The van der Waals surface area contributed by atoms with Gasteiger partial charge in [-0.1, -0.05) is 11.6 Å². The summed E-state index contributed by atoms with van der Waals surface area (Å²) in [5, 5.41) is 2.89. The van der Waals surface area contributed by atoms with Gasteiger partial charge >= 0.3 is 0 Å². The molecule has 0 fully saturated rings. The molecule has 0 atom stereocenters. The molecule has 1 aliphatic rings. The number of rotatable bonds is 5. The van der Waals surface area contributed by atoms with Crippen molar-refractivity contribution in [1.29, 1.82) is 0 Å². The van der Waals surface area contributed by atoms with Gasteiger partial charge in [-0.25, -0.2) is 8.42 Å². The molecule has 19 heavy (non-hydrogen) atoms. The summed E-state index contributed by atoms with van der Waals surface area (Å²) in [6, 6.07) is 3.12. The van der Waals surface area contributed by atoms with Crippen LogP contribution in [0.2, 0.25) is 5.02 Å². The van der Waals surface area contributed by atoms with Gasteiger partial charge in [-0.3, -0.25) is 9.52 Å². The van der Waals surface area contributed by atoms with E-state index in [1.807, 2.05) is 0 Å². The van der Waals surface area contributed by atoms with Gasteiger partial charge < -0.3 is 5.32 Å². The maximum atomic E-state index is 11.8. The van der Waals surface area contributed by atoms with Crippen molar-refractivity contribution in [3.8, 4) is 0 Å². The van der Waals surface area contributed by atoms with E-state index < -0.39 is 10.0 Å². The SMILES string of the molecule is O=C1Cc2cc(NS(=O)(=O)CCCCl)c(Cl)cc2N1. The van der Waals surface area contributed by atoms with Crippen LogP contribution in [0.4, 0.5) is 11.4 Å². The molecule has 0 bridgehead atoms. The van der Waals surface area contributed by atoms with Crippen LogP contribution in [0.5, 0.6) is 0 Å². The molecule has 0 aromatic heterocycles. The van der Waals surface area contributed by atoms with Gasteiger partial charge in [-0.05, 0) is 24.1 Å². The van der Waals surface area contributed by atoms with E-state index in [4.69, 9.17) is 23.2 Å². The third kappa shape index (κ3) is 3.52. The smallest absolute Gasteiger partial charge is 0.232 e. The molecule has 0 spiro atoms. The summed E-state index contributed by atoms with van der Waals surface area (Å²) >= 11 is 11.5. The highest BCUT2D eigenvalue weighted by Gasteiger charge is 2.21. The van der Waals surface area contributed by atoms with Crippen LogP contribution in [0.15, 0.2) is 12.1 Å². The van der Waals surface area contributed by atoms with E-state index >= 15 is 0 Å². The standard InChI is InChI=1S/C11H12Cl2N2O3S/c12-2-1-3-19(17,18)15-10-4-7-5-11(16)14-9(7)6-8(10)13/h4,6,15H,1-3,5H2,(H,14,16). The molecule has 1 amide bonds. The van der Waals surface area contributed by atoms with Gasteiger partial charge in [-0.2, -0.15) is 0 Å². The molecule has 0 saturated carbocycles. The molecule has 1 aromatic rings. The maximum Gasteiger partial charge on any atom is 0.232 e. The molecule has 104 valence electrons. The Kier molecular flexibility index (Phi) is 4.23. The van der Waals surface area contributed by atoms with Crippen LogP contribution in [0.3, 0.4) is 0 Å². The van der Waals surface area contributed by atoms with Gasteiger partial charge in [0.15, 0.2) is 0 Å². The van der Waals surface area contributed by atoms with Gasteiger partial charge in [0.1, 0.15) is 0 Å². The van der Waals surface area contributed by atoms with E-state index in [0.717, 1.165) is 5.56 Å². The summed E-state index contributed by atoms with van der Waals surface area (Å²) < 4.78 is 25.9. The van der Waals surface area contributed by atoms with Crippen molar-refractivity contribution in [3.63, 3.8) is 0 Å². The molecule has 8 heteroatoms. The first-order chi connectivity index (χ1) is 8.91. The van der Waals surface area contributed by atoms with Crippen molar-refractivity contribution in [1.82, 2.24) is 0 Å². The lowest BCUT2D eigenvalue weighted by Gasteiger charge is -2.10. The highest BCUT2D eigenvalue weighted by atomic mass is 35.5. The molecular weight excluding hydrogens is 311 g/mol. The first-order valence-electron chi connectivity index (χ1n) is 5.60. The average Bonchev–Trinajstić information content (AvgIpc) is 2.66. The van der Waals surface area contributed by atoms with Crippen molar-refractivity contribution in [3.05, 3.63) is 22.7 Å². The number of hydrogen-bond acceptors (Lipinski definition) is 3. The van der Waals surface area contributed by atoms with Gasteiger partial charge in [0.05, 0.1) is 22.9 Å². The Morgan fingerprint density at radius 2 is 2.11 bits per heavy atom. The fraction of sp³-hybridized carbons (Fsp3) is 0.364. The summed E-state index contributed by atoms with van der Waals surface area (Å²) in [5.74, 6) is 0.0754. The molecule has 5 nitrogen and oxygen atoms in total. The van der Waals surface area contributed by atoms with Crippen LogP contribution < -0.4 is 10.0 Å². The minimum Gasteiger partial charge on any atom is -0.325 e. The molecule has 2 N–H and O–H groups in total. The second-order valence-corrected chi connectivity index (χ2v) is 6.80. The fourth-order valence-electron chi connectivity index (χ4n) is 1.79. The van der Waals surface area contributed by atoms with E-state index in [1.54, 1.807) is 12.1 Å². The quantitative estimate of drug-likeness (QED) is 0.816. The number of fused-ring (bicyclic) bond motifs is 1. The minimum atomic E-state index is -3.47. The number of sulfonamides is 1. The lowest BCUT2D eigenvalue weighted by Crippen LogP contribution is -2.17. The van der Waals surface area contributed by atoms with Crippen LogP contribution >= 0.6 is 23.2 Å². The number of anilines is 2. The van der Waals surface area contributed by atoms with E-state index in [2.05, 4.69) is 10.0 Å².